The molecule has 0 aliphatic carbocycles. The van der Waals surface area contributed by atoms with Crippen molar-refractivity contribution < 1.29 is 78.6 Å². The third-order valence-electron chi connectivity index (χ3n) is 5.79. The van der Waals surface area contributed by atoms with E-state index in [0.717, 1.165) is 19.0 Å². The number of carboxylic acids is 6. The number of unbranched alkanes of at least 4 members (excludes halogenated alkanes) is 4. The van der Waals surface area contributed by atoms with Gasteiger partial charge in [0.25, 0.3) is 0 Å². The highest BCUT2D eigenvalue weighted by Crippen LogP contribution is 2.04. The molecule has 368 valence electrons. The Morgan fingerprint density at radius 3 is 0.892 bits per heavy atom. The molecule has 0 saturated carbocycles. The molecule has 0 aliphatic rings. The van der Waals surface area contributed by atoms with Crippen molar-refractivity contribution >= 4 is 85.8 Å². The summed E-state index contributed by atoms with van der Waals surface area (Å²) in [5, 5.41) is 48.9. The lowest BCUT2D eigenvalue weighted by Gasteiger charge is -1.98. The Balaban J connectivity index is -0.0000000865. The molecular weight excluding hydrogens is 853 g/mol. The van der Waals surface area contributed by atoms with Gasteiger partial charge in [-0.05, 0) is 38.1 Å². The zero-order valence-corrected chi connectivity index (χ0v) is 33.3. The summed E-state index contributed by atoms with van der Waals surface area (Å²) in [5.41, 5.74) is 2.26. The maximum atomic E-state index is 10.3. The summed E-state index contributed by atoms with van der Waals surface area (Å²) in [4.78, 5) is 114. The van der Waals surface area contributed by atoms with Crippen LogP contribution in [0.2, 0.25) is 0 Å². The van der Waals surface area contributed by atoms with Crippen molar-refractivity contribution in [2.45, 2.75) is 102 Å². The maximum absolute atomic E-state index is 10.3. The van der Waals surface area contributed by atoms with Gasteiger partial charge in [-0.15, -0.1) is 0 Å². The molecule has 2 rings (SSSR count). The number of carbonyl (C=O) groups excluding carboxylic acids is 4. The largest absolute Gasteiger partial charge is 0.481 e. The Kier molecular flexibility index (Phi) is 70.6. The van der Waals surface area contributed by atoms with Crippen molar-refractivity contribution in [2.24, 2.45) is 20.0 Å². The van der Waals surface area contributed by atoms with Crippen LogP contribution in [0.4, 0.5) is 0 Å². The Morgan fingerprint density at radius 2 is 0.662 bits per heavy atom. The first-order chi connectivity index (χ1) is 28.6. The second kappa shape index (κ2) is 58.7. The van der Waals surface area contributed by atoms with Crippen molar-refractivity contribution in [1.82, 2.24) is 0 Å². The van der Waals surface area contributed by atoms with Crippen LogP contribution in [0, 0.1) is 0 Å². The standard InChI is InChI=1S/C12H12N2O4.C9H14N2O4.C8H6O2.C5H8O2.2C3H6O2.5CH4/c15-11(16)7-13-5-9-3-1-2-4-10(9)6-14-8-12(17)18;12-8(13)6-10-4-2-1-3-5-11-7-9(14)15;9-5-7-3-1-2-4-8(7)6-10;6-4-2-1-3-5-7;2*1-2-3(4)5;;;;;/h1-6H,7-8H2,(H,15,16)(H,17,18);4-5H,1-3,6-7H2,(H,12,13)(H,14,15);1-6H;4-5H,1-3H2;2*2H2,1H3,(H,4,5);5*1H4. The van der Waals surface area contributed by atoms with Crippen LogP contribution >= 0.6 is 0 Å². The second-order valence-electron chi connectivity index (χ2n) is 10.7. The molecule has 0 amide bonds. The first kappa shape index (κ1) is 78.1. The van der Waals surface area contributed by atoms with E-state index < -0.39 is 35.8 Å². The van der Waals surface area contributed by atoms with E-state index in [1.54, 1.807) is 74.8 Å². The van der Waals surface area contributed by atoms with Gasteiger partial charge in [0, 0.05) is 60.4 Å². The molecule has 65 heavy (non-hydrogen) atoms. The Bertz CT molecular complexity index is 1590. The number of aldehydes is 4. The summed E-state index contributed by atoms with van der Waals surface area (Å²) in [6.45, 7) is 2.19. The number of aliphatic imine (C=N–C) groups is 4. The molecule has 0 unspecified atom stereocenters. The average molecular weight is 925 g/mol. The number of hydrogen-bond acceptors (Lipinski definition) is 14. The summed E-state index contributed by atoms with van der Waals surface area (Å²) >= 11 is 0. The Morgan fingerprint density at radius 1 is 0.415 bits per heavy atom. The lowest BCUT2D eigenvalue weighted by atomic mass is 10.1. The summed E-state index contributed by atoms with van der Waals surface area (Å²) in [5.74, 6) is -5.41. The van der Waals surface area contributed by atoms with Crippen LogP contribution in [0.5, 0.6) is 0 Å². The van der Waals surface area contributed by atoms with Crippen LogP contribution in [0.25, 0.3) is 0 Å². The average Bonchev–Trinajstić information content (AvgIpc) is 3.21. The molecule has 0 saturated heterocycles. The number of aliphatic carboxylic acids is 6. The van der Waals surface area contributed by atoms with Gasteiger partial charge in [0.15, 0.2) is 12.6 Å². The quantitative estimate of drug-likeness (QED) is 0.0387. The van der Waals surface area contributed by atoms with Gasteiger partial charge in [-0.3, -0.25) is 58.3 Å². The highest BCUT2D eigenvalue weighted by atomic mass is 16.4. The van der Waals surface area contributed by atoms with Gasteiger partial charge >= 0.3 is 35.8 Å². The molecule has 0 atom stereocenters. The van der Waals surface area contributed by atoms with E-state index in [2.05, 4.69) is 20.0 Å². The topological polar surface area (TPSA) is 342 Å². The van der Waals surface area contributed by atoms with Gasteiger partial charge in [-0.2, -0.15) is 0 Å². The predicted octanol–water partition coefficient (Wildman–Crippen LogP) is 7.17. The van der Waals surface area contributed by atoms with Crippen LogP contribution < -0.4 is 0 Å². The molecule has 0 radical (unpaired) electrons. The normalized spacial score (nSPS) is 9.02. The number of rotatable bonds is 22. The lowest BCUT2D eigenvalue weighted by molar-refractivity contribution is -0.137. The third-order valence-corrected chi connectivity index (χ3v) is 5.79. The second-order valence-corrected chi connectivity index (χ2v) is 10.7. The van der Waals surface area contributed by atoms with Crippen molar-refractivity contribution in [3.63, 3.8) is 0 Å². The molecule has 0 spiro atoms. The van der Waals surface area contributed by atoms with Crippen molar-refractivity contribution in [2.75, 3.05) is 26.2 Å². The molecule has 0 fully saturated rings. The van der Waals surface area contributed by atoms with E-state index >= 15 is 0 Å². The summed E-state index contributed by atoms with van der Waals surface area (Å²) in [6.07, 6.45) is 13.3. The molecule has 2 aromatic carbocycles. The van der Waals surface area contributed by atoms with Crippen LogP contribution in [0.1, 0.15) is 134 Å². The number of nitrogens with zero attached hydrogens (tertiary/aromatic N) is 4. The molecule has 2 aromatic rings. The first-order valence-corrected chi connectivity index (χ1v) is 17.8. The predicted molar refractivity (Wildman–Crippen MR) is 255 cm³/mol. The van der Waals surface area contributed by atoms with Crippen LogP contribution in [0.3, 0.4) is 0 Å². The van der Waals surface area contributed by atoms with Crippen LogP contribution in [-0.4, -0.2) is 143 Å². The monoisotopic (exact) mass is 924 g/mol. The van der Waals surface area contributed by atoms with Crippen LogP contribution in [-0.2, 0) is 38.4 Å². The smallest absolute Gasteiger partial charge is 0.325 e. The number of benzene rings is 2. The van der Waals surface area contributed by atoms with Gasteiger partial charge < -0.3 is 40.2 Å². The van der Waals surface area contributed by atoms with Gasteiger partial charge in [0.1, 0.15) is 38.8 Å². The highest BCUT2D eigenvalue weighted by Gasteiger charge is 1.98. The fraction of sp³-hybridized carbons (Fsp3) is 0.422. The van der Waals surface area contributed by atoms with E-state index in [0.29, 0.717) is 66.9 Å². The summed E-state index contributed by atoms with van der Waals surface area (Å²) in [7, 11) is 0. The van der Waals surface area contributed by atoms with E-state index in [4.69, 9.17) is 30.6 Å². The highest BCUT2D eigenvalue weighted by molar-refractivity contribution is 5.95. The molecular formula is C45H72N4O16. The maximum Gasteiger partial charge on any atom is 0.325 e. The molecule has 0 heterocycles. The Labute approximate surface area is 383 Å². The molecule has 20 nitrogen and oxygen atoms in total. The molecule has 6 N–H and O–H groups in total. The first-order valence-electron chi connectivity index (χ1n) is 17.8. The fourth-order valence-electron chi connectivity index (χ4n) is 2.97. The van der Waals surface area contributed by atoms with Gasteiger partial charge in [-0.25, -0.2) is 0 Å². The van der Waals surface area contributed by atoms with E-state index in [1.807, 2.05) is 0 Å². The number of carbonyl (C=O) groups is 10. The number of carboxylic acid groups (broad SMARTS) is 6. The molecule has 0 aromatic heterocycles. The zero-order chi connectivity index (χ0) is 46.4. The minimum atomic E-state index is -1.01. The van der Waals surface area contributed by atoms with E-state index in [9.17, 15) is 47.9 Å². The van der Waals surface area contributed by atoms with Crippen molar-refractivity contribution in [3.8, 4) is 0 Å². The Hall–Kier alpha value is -7.38. The van der Waals surface area contributed by atoms with Crippen molar-refractivity contribution in [1.29, 1.82) is 0 Å². The number of hydrogen-bond donors (Lipinski definition) is 6. The van der Waals surface area contributed by atoms with Crippen molar-refractivity contribution in [3.05, 3.63) is 70.8 Å². The molecule has 20 heteroatoms. The fourth-order valence-corrected chi connectivity index (χ4v) is 2.97. The van der Waals surface area contributed by atoms with Gasteiger partial charge in [0.2, 0.25) is 0 Å². The molecule has 0 aliphatic heterocycles. The summed E-state index contributed by atoms with van der Waals surface area (Å²) in [6, 6.07) is 13.7. The zero-order valence-electron chi connectivity index (χ0n) is 33.3. The van der Waals surface area contributed by atoms with Gasteiger partial charge in [0.05, 0.1) is 0 Å². The van der Waals surface area contributed by atoms with E-state index in [1.165, 1.54) is 12.4 Å². The minimum absolute atomic E-state index is 0. The summed E-state index contributed by atoms with van der Waals surface area (Å²) < 4.78 is 0. The molecule has 0 bridgehead atoms. The van der Waals surface area contributed by atoms with Crippen LogP contribution in [0.15, 0.2) is 68.5 Å². The van der Waals surface area contributed by atoms with Gasteiger partial charge in [-0.1, -0.05) is 99.5 Å². The SMILES string of the molecule is C.C.C.C.C.CCC(=O)O.CCC(=O)O.O=C(O)CN=CCCCC=NCC(=O)O.O=C(O)CN=Cc1ccccc1C=NCC(=O)O.O=CCCCC=O.O=Cc1ccccc1C=O. The third kappa shape index (κ3) is 65.9. The minimum Gasteiger partial charge on any atom is -0.481 e. The van der Waals surface area contributed by atoms with E-state index in [-0.39, 0.29) is 76.2 Å². The lowest BCUT2D eigenvalue weighted by Crippen LogP contribution is -2.01.